The van der Waals surface area contributed by atoms with Crippen LogP contribution in [0.25, 0.3) is 0 Å². The molecule has 0 unspecified atom stereocenters. The van der Waals surface area contributed by atoms with Crippen LogP contribution in [0, 0.1) is 6.92 Å². The topological polar surface area (TPSA) is 89.9 Å². The maximum atomic E-state index is 13.0. The van der Waals surface area contributed by atoms with E-state index in [1.54, 1.807) is 12.3 Å². The van der Waals surface area contributed by atoms with E-state index in [1.807, 2.05) is 29.6 Å². The number of hydrogen-bond acceptors (Lipinski definition) is 5. The van der Waals surface area contributed by atoms with Crippen LogP contribution in [0.4, 0.5) is 5.82 Å². The standard InChI is InChI=1S/C17H24N6O/c1-4-7-22-11-13(10-19-22)15(24)23-8-5-6-17(23,3)16-20-12(2)9-14(18)21-16/h9-11H,4-8H2,1-3H3,(H2,18,20,21)/t17-/m1/s1. The number of amides is 1. The van der Waals surface area contributed by atoms with Crippen LogP contribution in [0.3, 0.4) is 0 Å². The summed E-state index contributed by atoms with van der Waals surface area (Å²) in [4.78, 5) is 23.8. The Kier molecular flexibility index (Phi) is 4.26. The van der Waals surface area contributed by atoms with E-state index in [9.17, 15) is 4.79 Å². The van der Waals surface area contributed by atoms with Gasteiger partial charge in [0.25, 0.3) is 5.91 Å². The average molecular weight is 328 g/mol. The summed E-state index contributed by atoms with van der Waals surface area (Å²) in [5.41, 5.74) is 6.77. The fourth-order valence-electron chi connectivity index (χ4n) is 3.34. The monoisotopic (exact) mass is 328 g/mol. The van der Waals surface area contributed by atoms with Crippen LogP contribution < -0.4 is 5.73 Å². The summed E-state index contributed by atoms with van der Waals surface area (Å²) in [6.45, 7) is 7.48. The molecule has 1 aliphatic rings. The molecule has 7 nitrogen and oxygen atoms in total. The highest BCUT2D eigenvalue weighted by Gasteiger charge is 2.44. The van der Waals surface area contributed by atoms with Crippen molar-refractivity contribution >= 4 is 11.7 Å². The normalized spacial score (nSPS) is 20.5. The molecule has 1 aliphatic heterocycles. The van der Waals surface area contributed by atoms with Crippen LogP contribution in [-0.2, 0) is 12.1 Å². The van der Waals surface area contributed by atoms with Gasteiger partial charge in [0.05, 0.1) is 11.8 Å². The molecular weight excluding hydrogens is 304 g/mol. The van der Waals surface area contributed by atoms with Crippen molar-refractivity contribution in [2.24, 2.45) is 0 Å². The average Bonchev–Trinajstić information content (AvgIpc) is 3.14. The number of likely N-dealkylation sites (tertiary alicyclic amines) is 1. The van der Waals surface area contributed by atoms with Crippen molar-refractivity contribution in [3.05, 3.63) is 35.5 Å². The SMILES string of the molecule is CCCn1cc(C(=O)N2CCC[C@]2(C)c2nc(C)cc(N)n2)cn1. The molecule has 0 bridgehead atoms. The zero-order valence-corrected chi connectivity index (χ0v) is 14.5. The number of aromatic nitrogens is 4. The van der Waals surface area contributed by atoms with Crippen LogP contribution in [0.2, 0.25) is 0 Å². The van der Waals surface area contributed by atoms with Crippen molar-refractivity contribution in [1.29, 1.82) is 0 Å². The van der Waals surface area contributed by atoms with Crippen molar-refractivity contribution in [3.63, 3.8) is 0 Å². The first kappa shape index (κ1) is 16.4. The Morgan fingerprint density at radius 1 is 1.42 bits per heavy atom. The molecule has 1 atom stereocenters. The molecule has 1 saturated heterocycles. The summed E-state index contributed by atoms with van der Waals surface area (Å²) in [5.74, 6) is 1.03. The third-order valence-corrected chi connectivity index (χ3v) is 4.57. The molecule has 0 aromatic carbocycles. The molecule has 2 aromatic heterocycles. The Hall–Kier alpha value is -2.44. The lowest BCUT2D eigenvalue weighted by atomic mass is 9.97. The number of carbonyl (C=O) groups excluding carboxylic acids is 1. The van der Waals surface area contributed by atoms with Crippen molar-refractivity contribution in [2.45, 2.75) is 52.1 Å². The van der Waals surface area contributed by atoms with Gasteiger partial charge in [-0.05, 0) is 33.1 Å². The second-order valence-corrected chi connectivity index (χ2v) is 6.58. The summed E-state index contributed by atoms with van der Waals surface area (Å²) >= 11 is 0. The Bertz CT molecular complexity index is 735. The second-order valence-electron chi connectivity index (χ2n) is 6.58. The summed E-state index contributed by atoms with van der Waals surface area (Å²) in [6.07, 6.45) is 6.18. The zero-order chi connectivity index (χ0) is 17.3. The number of rotatable bonds is 4. The van der Waals surface area contributed by atoms with Crippen LogP contribution >= 0.6 is 0 Å². The lowest BCUT2D eigenvalue weighted by Gasteiger charge is -2.33. The van der Waals surface area contributed by atoms with E-state index < -0.39 is 5.54 Å². The zero-order valence-electron chi connectivity index (χ0n) is 14.5. The summed E-state index contributed by atoms with van der Waals surface area (Å²) in [6, 6.07) is 1.74. The molecule has 2 aromatic rings. The van der Waals surface area contributed by atoms with Gasteiger partial charge in [-0.1, -0.05) is 6.92 Å². The molecule has 3 rings (SSSR count). The fourth-order valence-corrected chi connectivity index (χ4v) is 3.34. The van der Waals surface area contributed by atoms with E-state index in [0.29, 0.717) is 23.8 Å². The second kappa shape index (κ2) is 6.22. The van der Waals surface area contributed by atoms with E-state index in [-0.39, 0.29) is 5.91 Å². The van der Waals surface area contributed by atoms with E-state index in [4.69, 9.17) is 5.73 Å². The predicted molar refractivity (Wildman–Crippen MR) is 91.3 cm³/mol. The number of carbonyl (C=O) groups is 1. The highest BCUT2D eigenvalue weighted by molar-refractivity contribution is 5.94. The molecule has 3 heterocycles. The van der Waals surface area contributed by atoms with Gasteiger partial charge in [-0.2, -0.15) is 5.10 Å². The quantitative estimate of drug-likeness (QED) is 0.928. The maximum Gasteiger partial charge on any atom is 0.257 e. The minimum atomic E-state index is -0.538. The first-order chi connectivity index (χ1) is 11.4. The third-order valence-electron chi connectivity index (χ3n) is 4.57. The largest absolute Gasteiger partial charge is 0.384 e. The molecule has 7 heteroatoms. The summed E-state index contributed by atoms with van der Waals surface area (Å²) in [7, 11) is 0. The summed E-state index contributed by atoms with van der Waals surface area (Å²) < 4.78 is 1.81. The first-order valence-electron chi connectivity index (χ1n) is 8.40. The first-order valence-corrected chi connectivity index (χ1v) is 8.40. The van der Waals surface area contributed by atoms with E-state index in [0.717, 1.165) is 31.5 Å². The molecule has 1 amide bonds. The van der Waals surface area contributed by atoms with Gasteiger partial charge >= 0.3 is 0 Å². The van der Waals surface area contributed by atoms with Gasteiger partial charge < -0.3 is 10.6 Å². The molecule has 0 radical (unpaired) electrons. The van der Waals surface area contributed by atoms with Gasteiger partial charge in [-0.15, -0.1) is 0 Å². The molecule has 0 spiro atoms. The van der Waals surface area contributed by atoms with Gasteiger partial charge in [0, 0.05) is 31.0 Å². The fraction of sp³-hybridized carbons (Fsp3) is 0.529. The van der Waals surface area contributed by atoms with Gasteiger partial charge in [-0.3, -0.25) is 9.48 Å². The van der Waals surface area contributed by atoms with Gasteiger partial charge in [0.1, 0.15) is 11.4 Å². The maximum absolute atomic E-state index is 13.0. The Morgan fingerprint density at radius 3 is 2.92 bits per heavy atom. The van der Waals surface area contributed by atoms with E-state index in [1.165, 1.54) is 0 Å². The highest BCUT2D eigenvalue weighted by Crippen LogP contribution is 2.38. The number of nitrogen functional groups attached to an aromatic ring is 1. The number of anilines is 1. The number of hydrogen-bond donors (Lipinski definition) is 1. The van der Waals surface area contributed by atoms with Gasteiger partial charge in [0.15, 0.2) is 5.82 Å². The van der Waals surface area contributed by atoms with Gasteiger partial charge in [0.2, 0.25) is 0 Å². The minimum absolute atomic E-state index is 0.0268. The lowest BCUT2D eigenvalue weighted by molar-refractivity contribution is 0.0603. The Morgan fingerprint density at radius 2 is 2.21 bits per heavy atom. The smallest absolute Gasteiger partial charge is 0.257 e. The van der Waals surface area contributed by atoms with Crippen LogP contribution in [0.5, 0.6) is 0 Å². The minimum Gasteiger partial charge on any atom is -0.384 e. The molecule has 1 fully saturated rings. The highest BCUT2D eigenvalue weighted by atomic mass is 16.2. The molecule has 128 valence electrons. The van der Waals surface area contributed by atoms with Crippen molar-refractivity contribution in [2.75, 3.05) is 12.3 Å². The third kappa shape index (κ3) is 2.86. The van der Waals surface area contributed by atoms with E-state index >= 15 is 0 Å². The lowest BCUT2D eigenvalue weighted by Crippen LogP contribution is -2.44. The molecule has 0 aliphatic carbocycles. The molecular formula is C17H24N6O. The van der Waals surface area contributed by atoms with Crippen molar-refractivity contribution in [3.8, 4) is 0 Å². The van der Waals surface area contributed by atoms with Gasteiger partial charge in [-0.25, -0.2) is 9.97 Å². The predicted octanol–water partition coefficient (Wildman–Crippen LogP) is 2.13. The number of aryl methyl sites for hydroxylation is 2. The number of nitrogens with two attached hydrogens (primary N) is 1. The van der Waals surface area contributed by atoms with E-state index in [2.05, 4.69) is 22.0 Å². The van der Waals surface area contributed by atoms with Crippen molar-refractivity contribution in [1.82, 2.24) is 24.6 Å². The number of nitrogens with zero attached hydrogens (tertiary/aromatic N) is 5. The molecule has 0 saturated carbocycles. The Balaban J connectivity index is 1.92. The van der Waals surface area contributed by atoms with Crippen LogP contribution in [0.15, 0.2) is 18.5 Å². The van der Waals surface area contributed by atoms with Crippen LogP contribution in [0.1, 0.15) is 55.0 Å². The molecule has 2 N–H and O–H groups in total. The Labute approximate surface area is 141 Å². The van der Waals surface area contributed by atoms with Crippen LogP contribution in [-0.4, -0.2) is 37.1 Å². The molecule has 24 heavy (non-hydrogen) atoms. The van der Waals surface area contributed by atoms with Crippen molar-refractivity contribution < 1.29 is 4.79 Å². The summed E-state index contributed by atoms with van der Waals surface area (Å²) in [5, 5.41) is 4.27.